The summed E-state index contributed by atoms with van der Waals surface area (Å²) >= 11 is 0. The first-order chi connectivity index (χ1) is 7.17. The van der Waals surface area contributed by atoms with Gasteiger partial charge in [0.05, 0.1) is 0 Å². The van der Waals surface area contributed by atoms with E-state index in [1.807, 2.05) is 0 Å². The molecular formula is C15H26. The molecule has 0 aromatic rings. The molecule has 0 aromatic heterocycles. The highest BCUT2D eigenvalue weighted by atomic mass is 14.2. The van der Waals surface area contributed by atoms with E-state index in [0.717, 1.165) is 18.3 Å². The maximum atomic E-state index is 4.27. The standard InChI is InChI=1S/C15H26/c1-5-7-15(6-2)13(4)10-12(3)11-14-8-9-14/h11,14-15H,4-10H2,1-3H3. The van der Waals surface area contributed by atoms with E-state index in [4.69, 9.17) is 0 Å². The predicted octanol–water partition coefficient (Wildman–Crippen LogP) is 5.12. The normalized spacial score (nSPS) is 19.0. The molecule has 0 amide bonds. The van der Waals surface area contributed by atoms with E-state index in [-0.39, 0.29) is 0 Å². The molecule has 0 aromatic carbocycles. The number of allylic oxidation sites excluding steroid dienone is 3. The van der Waals surface area contributed by atoms with Crippen molar-refractivity contribution in [1.29, 1.82) is 0 Å². The van der Waals surface area contributed by atoms with Crippen molar-refractivity contribution in [2.24, 2.45) is 11.8 Å². The Kier molecular flexibility index (Phi) is 5.14. The molecule has 15 heavy (non-hydrogen) atoms. The number of rotatable bonds is 7. The van der Waals surface area contributed by atoms with Gasteiger partial charge in [-0.25, -0.2) is 0 Å². The first-order valence-corrected chi connectivity index (χ1v) is 6.52. The number of hydrogen-bond donors (Lipinski definition) is 0. The molecule has 1 atom stereocenters. The molecule has 1 rings (SSSR count). The van der Waals surface area contributed by atoms with E-state index in [1.165, 1.54) is 43.3 Å². The van der Waals surface area contributed by atoms with Crippen molar-refractivity contribution in [2.75, 3.05) is 0 Å². The van der Waals surface area contributed by atoms with Crippen molar-refractivity contribution in [3.8, 4) is 0 Å². The summed E-state index contributed by atoms with van der Waals surface area (Å²) in [4.78, 5) is 0. The van der Waals surface area contributed by atoms with E-state index in [2.05, 4.69) is 33.4 Å². The Balaban J connectivity index is 2.37. The third-order valence-corrected chi connectivity index (χ3v) is 3.36. The average Bonchev–Trinajstić information content (AvgIpc) is 2.97. The number of hydrogen-bond acceptors (Lipinski definition) is 0. The lowest BCUT2D eigenvalue weighted by atomic mass is 9.89. The van der Waals surface area contributed by atoms with Gasteiger partial charge in [-0.05, 0) is 50.9 Å². The van der Waals surface area contributed by atoms with Crippen molar-refractivity contribution in [1.82, 2.24) is 0 Å². The van der Waals surface area contributed by atoms with Gasteiger partial charge in [0.1, 0.15) is 0 Å². The van der Waals surface area contributed by atoms with Crippen LogP contribution in [0, 0.1) is 11.8 Å². The smallest absolute Gasteiger partial charge is 0.0111 e. The Morgan fingerprint density at radius 3 is 2.53 bits per heavy atom. The molecule has 0 bridgehead atoms. The summed E-state index contributed by atoms with van der Waals surface area (Å²) in [5.74, 6) is 1.65. The second-order valence-electron chi connectivity index (χ2n) is 5.08. The van der Waals surface area contributed by atoms with Crippen LogP contribution in [-0.4, -0.2) is 0 Å². The lowest BCUT2D eigenvalue weighted by Gasteiger charge is -2.17. The van der Waals surface area contributed by atoms with E-state index in [1.54, 1.807) is 0 Å². The zero-order valence-electron chi connectivity index (χ0n) is 10.7. The third kappa shape index (κ3) is 4.68. The molecule has 86 valence electrons. The lowest BCUT2D eigenvalue weighted by Crippen LogP contribution is -2.02. The van der Waals surface area contributed by atoms with Gasteiger partial charge in [0, 0.05) is 0 Å². The Morgan fingerprint density at radius 2 is 2.07 bits per heavy atom. The zero-order valence-corrected chi connectivity index (χ0v) is 10.7. The molecule has 0 radical (unpaired) electrons. The second kappa shape index (κ2) is 6.15. The summed E-state index contributed by atoms with van der Waals surface area (Å²) < 4.78 is 0. The summed E-state index contributed by atoms with van der Waals surface area (Å²) in [5.41, 5.74) is 2.99. The molecule has 1 aliphatic carbocycles. The maximum Gasteiger partial charge on any atom is -0.0111 e. The van der Waals surface area contributed by atoms with E-state index >= 15 is 0 Å². The van der Waals surface area contributed by atoms with Crippen LogP contribution in [0.25, 0.3) is 0 Å². The van der Waals surface area contributed by atoms with Crippen molar-refractivity contribution in [2.45, 2.75) is 59.3 Å². The van der Waals surface area contributed by atoms with Crippen LogP contribution in [0.3, 0.4) is 0 Å². The highest BCUT2D eigenvalue weighted by Gasteiger charge is 2.18. The summed E-state index contributed by atoms with van der Waals surface area (Å²) in [7, 11) is 0. The quantitative estimate of drug-likeness (QED) is 0.507. The molecule has 0 spiro atoms. The van der Waals surface area contributed by atoms with Crippen LogP contribution in [0.2, 0.25) is 0 Å². The van der Waals surface area contributed by atoms with Gasteiger partial charge in [0.2, 0.25) is 0 Å². The highest BCUT2D eigenvalue weighted by Crippen LogP contribution is 2.33. The van der Waals surface area contributed by atoms with Crippen LogP contribution in [0.4, 0.5) is 0 Å². The third-order valence-electron chi connectivity index (χ3n) is 3.36. The molecule has 0 aliphatic heterocycles. The summed E-state index contributed by atoms with van der Waals surface area (Å²) in [6.45, 7) is 11.1. The molecule has 0 N–H and O–H groups in total. The lowest BCUT2D eigenvalue weighted by molar-refractivity contribution is 0.525. The van der Waals surface area contributed by atoms with Crippen molar-refractivity contribution in [3.05, 3.63) is 23.8 Å². The Labute approximate surface area is 95.5 Å². The minimum Gasteiger partial charge on any atom is -0.0993 e. The van der Waals surface area contributed by atoms with Gasteiger partial charge in [-0.15, -0.1) is 0 Å². The minimum atomic E-state index is 0.748. The van der Waals surface area contributed by atoms with Gasteiger partial charge in [-0.2, -0.15) is 0 Å². The van der Waals surface area contributed by atoms with Crippen molar-refractivity contribution in [3.63, 3.8) is 0 Å². The van der Waals surface area contributed by atoms with Crippen LogP contribution < -0.4 is 0 Å². The van der Waals surface area contributed by atoms with Crippen LogP contribution in [0.1, 0.15) is 59.3 Å². The molecular weight excluding hydrogens is 180 g/mol. The van der Waals surface area contributed by atoms with E-state index in [0.29, 0.717) is 0 Å². The largest absolute Gasteiger partial charge is 0.0993 e. The topological polar surface area (TPSA) is 0 Å². The molecule has 1 fully saturated rings. The molecule has 1 unspecified atom stereocenters. The maximum absolute atomic E-state index is 4.27. The first-order valence-electron chi connectivity index (χ1n) is 6.52. The molecule has 0 nitrogen and oxygen atoms in total. The van der Waals surface area contributed by atoms with Crippen LogP contribution in [-0.2, 0) is 0 Å². The fourth-order valence-corrected chi connectivity index (χ4v) is 2.27. The summed E-state index contributed by atoms with van der Waals surface area (Å²) in [6, 6.07) is 0. The van der Waals surface area contributed by atoms with Crippen molar-refractivity contribution >= 4 is 0 Å². The predicted molar refractivity (Wildman–Crippen MR) is 68.9 cm³/mol. The van der Waals surface area contributed by atoms with Gasteiger partial charge in [0.25, 0.3) is 0 Å². The average molecular weight is 206 g/mol. The molecule has 0 heteroatoms. The fraction of sp³-hybridized carbons (Fsp3) is 0.733. The Morgan fingerprint density at radius 1 is 1.40 bits per heavy atom. The van der Waals surface area contributed by atoms with Crippen molar-refractivity contribution < 1.29 is 0 Å². The minimum absolute atomic E-state index is 0.748. The van der Waals surface area contributed by atoms with E-state index < -0.39 is 0 Å². The monoisotopic (exact) mass is 206 g/mol. The zero-order chi connectivity index (χ0) is 11.3. The Hall–Kier alpha value is -0.520. The van der Waals surface area contributed by atoms with Gasteiger partial charge >= 0.3 is 0 Å². The molecule has 0 heterocycles. The summed E-state index contributed by atoms with van der Waals surface area (Å²) in [6.07, 6.45) is 10.3. The van der Waals surface area contributed by atoms with Gasteiger partial charge in [-0.3, -0.25) is 0 Å². The second-order valence-corrected chi connectivity index (χ2v) is 5.08. The highest BCUT2D eigenvalue weighted by molar-refractivity contribution is 5.15. The fourth-order valence-electron chi connectivity index (χ4n) is 2.27. The van der Waals surface area contributed by atoms with Crippen LogP contribution >= 0.6 is 0 Å². The molecule has 0 saturated heterocycles. The molecule has 1 saturated carbocycles. The summed E-state index contributed by atoms with van der Waals surface area (Å²) in [5, 5.41) is 0. The van der Waals surface area contributed by atoms with Gasteiger partial charge < -0.3 is 0 Å². The van der Waals surface area contributed by atoms with Gasteiger partial charge in [0.15, 0.2) is 0 Å². The Bertz CT molecular complexity index is 230. The SMILES string of the molecule is C=C(CC(C)=CC1CC1)C(CC)CCC. The molecule has 1 aliphatic rings. The van der Waals surface area contributed by atoms with Crippen LogP contribution in [0.5, 0.6) is 0 Å². The van der Waals surface area contributed by atoms with E-state index in [9.17, 15) is 0 Å². The van der Waals surface area contributed by atoms with Crippen LogP contribution in [0.15, 0.2) is 23.8 Å². The van der Waals surface area contributed by atoms with Gasteiger partial charge in [-0.1, -0.05) is 44.1 Å². The first kappa shape index (κ1) is 12.5.